The van der Waals surface area contributed by atoms with Crippen LogP contribution in [0.5, 0.6) is 0 Å². The Morgan fingerprint density at radius 3 is 1.47 bits per heavy atom. The van der Waals surface area contributed by atoms with Crippen LogP contribution in [0.2, 0.25) is 0 Å². The van der Waals surface area contributed by atoms with E-state index in [9.17, 15) is 49.7 Å². The van der Waals surface area contributed by atoms with Crippen molar-refractivity contribution in [1.82, 2.24) is 0 Å². The van der Waals surface area contributed by atoms with Crippen LogP contribution in [0.3, 0.4) is 0 Å². The number of hydrogen-bond donors (Lipinski definition) is 7. The van der Waals surface area contributed by atoms with Crippen molar-refractivity contribution in [3.8, 4) is 0 Å². The van der Waals surface area contributed by atoms with Gasteiger partial charge in [-0.2, -0.15) is 0 Å². The Labute approximate surface area is 394 Å². The molecular formula is C51H81O14P. The number of unbranched alkanes of at least 4 members (excludes halogenated alkanes) is 5. The fraction of sp³-hybridized carbons (Fsp3) is 0.608. The van der Waals surface area contributed by atoms with Crippen LogP contribution in [0.1, 0.15) is 136 Å². The van der Waals surface area contributed by atoms with Gasteiger partial charge in [0.2, 0.25) is 0 Å². The minimum Gasteiger partial charge on any atom is -0.462 e. The first-order valence-corrected chi connectivity index (χ1v) is 25.3. The highest BCUT2D eigenvalue weighted by Gasteiger charge is 2.51. The number of carbonyl (C=O) groups excluding carboxylic acids is 2. The van der Waals surface area contributed by atoms with Crippen LogP contribution in [-0.2, 0) is 32.7 Å². The maximum absolute atomic E-state index is 12.8. The molecule has 0 saturated heterocycles. The molecule has 3 unspecified atom stereocenters. The average Bonchev–Trinajstić information content (AvgIpc) is 3.30. The zero-order valence-corrected chi connectivity index (χ0v) is 40.2. The van der Waals surface area contributed by atoms with Gasteiger partial charge in [0.15, 0.2) is 6.10 Å². The second-order valence-electron chi connectivity index (χ2n) is 16.1. The minimum absolute atomic E-state index is 0.0169. The van der Waals surface area contributed by atoms with Gasteiger partial charge in [-0.1, -0.05) is 149 Å². The molecule has 374 valence electrons. The number of hydrogen-bond acceptors (Lipinski definition) is 13. The third-order valence-corrected chi connectivity index (χ3v) is 11.2. The number of aliphatic hydroxyl groups is 6. The Bertz CT molecular complexity index is 1580. The summed E-state index contributed by atoms with van der Waals surface area (Å²) in [7, 11) is -5.17. The number of rotatable bonds is 37. The summed E-state index contributed by atoms with van der Waals surface area (Å²) in [5.74, 6) is -1.30. The largest absolute Gasteiger partial charge is 0.472 e. The summed E-state index contributed by atoms with van der Waals surface area (Å²) < 4.78 is 33.4. The van der Waals surface area contributed by atoms with Gasteiger partial charge in [0.05, 0.1) is 12.7 Å². The van der Waals surface area contributed by atoms with Gasteiger partial charge in [-0.25, -0.2) is 4.57 Å². The van der Waals surface area contributed by atoms with Crippen molar-refractivity contribution in [1.29, 1.82) is 0 Å². The Morgan fingerprint density at radius 1 is 0.530 bits per heavy atom. The molecule has 7 N–H and O–H groups in total. The topological polar surface area (TPSA) is 230 Å². The van der Waals surface area contributed by atoms with Crippen LogP contribution < -0.4 is 0 Å². The van der Waals surface area contributed by atoms with Crippen molar-refractivity contribution < 1.29 is 68.2 Å². The molecule has 0 spiro atoms. The molecule has 14 nitrogen and oxygen atoms in total. The molecule has 0 amide bonds. The first kappa shape index (κ1) is 60.5. The number of ether oxygens (including phenoxy) is 2. The summed E-state index contributed by atoms with van der Waals surface area (Å²) in [6.45, 7) is 2.99. The Balaban J connectivity index is 2.57. The monoisotopic (exact) mass is 949 g/mol. The number of esters is 2. The molecule has 0 aromatic carbocycles. The van der Waals surface area contributed by atoms with E-state index in [-0.39, 0.29) is 18.9 Å². The van der Waals surface area contributed by atoms with Gasteiger partial charge >= 0.3 is 19.8 Å². The zero-order chi connectivity index (χ0) is 48.7. The third kappa shape index (κ3) is 31.4. The van der Waals surface area contributed by atoms with Crippen molar-refractivity contribution in [2.24, 2.45) is 0 Å². The summed E-state index contributed by atoms with van der Waals surface area (Å²) >= 11 is 0. The number of aliphatic hydroxyl groups excluding tert-OH is 6. The van der Waals surface area contributed by atoms with Crippen LogP contribution in [0.15, 0.2) is 109 Å². The Kier molecular flexibility index (Phi) is 36.2. The maximum atomic E-state index is 12.8. The molecule has 0 aliphatic heterocycles. The molecule has 0 radical (unpaired) electrons. The van der Waals surface area contributed by atoms with Crippen molar-refractivity contribution in [2.75, 3.05) is 13.2 Å². The first-order valence-electron chi connectivity index (χ1n) is 23.8. The maximum Gasteiger partial charge on any atom is 0.472 e. The SMILES string of the molecule is CCCCC/C=C\C/C=C\C/C=C\C/C=C\C/C=C\CCC(=O)OC[C@H](COP(=O)(O)OC1[C@H](O)[C@H](O)C(O)[C@H](O)[C@H]1O)OC(=O)CCC/C=C\C/C=C\C/C=C\C/C=C\[C@H](O)CCCC. The van der Waals surface area contributed by atoms with Crippen LogP contribution in [0, 0.1) is 0 Å². The standard InChI is InChI=1S/C51H81O14P/c1-3-5-7-8-9-10-11-12-13-14-15-16-17-18-22-25-28-31-34-38-44(53)62-40-43(41-63-66(60,61)65-51-49(58)47(56)46(55)48(57)50(51)59)64-45(54)39-35-32-29-26-23-20-19-21-24-27-30-33-37-42(52)36-6-4-2/h9-10,12-13,15-16,18-20,22,24,26-29,31,33,37,42-43,46-52,55-59H,3-8,11,14,17,21,23,25,30,32,34-36,38-41H2,1-2H3,(H,60,61)/b10-9-,13-12-,16-15-,20-19-,22-18-,27-24-,29-26-,31-28-,37-33-/t42-,43-,46?,47-,48+,49-,50-,51?/m1/s1. The van der Waals surface area contributed by atoms with Crippen molar-refractivity contribution >= 4 is 19.8 Å². The predicted octanol–water partition coefficient (Wildman–Crippen LogP) is 8.58. The summed E-state index contributed by atoms with van der Waals surface area (Å²) in [6, 6.07) is 0. The summed E-state index contributed by atoms with van der Waals surface area (Å²) in [5, 5.41) is 60.0. The van der Waals surface area contributed by atoms with E-state index in [2.05, 4.69) is 62.5 Å². The number of carbonyl (C=O) groups is 2. The summed E-state index contributed by atoms with van der Waals surface area (Å²) in [5.41, 5.74) is 0. The number of phosphoric acid groups is 1. The number of phosphoric ester groups is 1. The number of allylic oxidation sites excluding steroid dienone is 17. The van der Waals surface area contributed by atoms with E-state index < -0.39 is 75.7 Å². The second kappa shape index (κ2) is 39.5. The second-order valence-corrected chi connectivity index (χ2v) is 17.5. The van der Waals surface area contributed by atoms with Crippen molar-refractivity contribution in [2.45, 2.75) is 185 Å². The summed E-state index contributed by atoms with van der Waals surface area (Å²) in [4.78, 5) is 35.7. The van der Waals surface area contributed by atoms with Gasteiger partial charge in [-0.15, -0.1) is 0 Å². The average molecular weight is 949 g/mol. The molecule has 0 bridgehead atoms. The van der Waals surface area contributed by atoms with Gasteiger partial charge in [-0.05, 0) is 83.5 Å². The molecule has 0 aromatic heterocycles. The molecule has 1 rings (SSSR count). The fourth-order valence-electron chi connectivity index (χ4n) is 6.28. The van der Waals surface area contributed by atoms with Crippen LogP contribution in [0.4, 0.5) is 0 Å². The highest BCUT2D eigenvalue weighted by atomic mass is 31.2. The van der Waals surface area contributed by atoms with Gasteiger partial charge in [-0.3, -0.25) is 18.6 Å². The normalized spacial score (nSPS) is 22.7. The van der Waals surface area contributed by atoms with Crippen LogP contribution in [0.25, 0.3) is 0 Å². The zero-order valence-electron chi connectivity index (χ0n) is 39.3. The van der Waals surface area contributed by atoms with Gasteiger partial charge in [0, 0.05) is 12.8 Å². The molecule has 9 atom stereocenters. The third-order valence-electron chi connectivity index (χ3n) is 10.2. The van der Waals surface area contributed by atoms with E-state index >= 15 is 0 Å². The van der Waals surface area contributed by atoms with E-state index in [0.717, 1.165) is 57.8 Å². The lowest BCUT2D eigenvalue weighted by Crippen LogP contribution is -2.64. The molecule has 15 heteroatoms. The lowest BCUT2D eigenvalue weighted by atomic mass is 9.85. The molecular weight excluding hydrogens is 868 g/mol. The predicted molar refractivity (Wildman–Crippen MR) is 259 cm³/mol. The lowest BCUT2D eigenvalue weighted by molar-refractivity contribution is -0.220. The lowest BCUT2D eigenvalue weighted by Gasteiger charge is -2.41. The van der Waals surface area contributed by atoms with Gasteiger partial charge < -0.3 is 45.0 Å². The minimum atomic E-state index is -5.17. The summed E-state index contributed by atoms with van der Waals surface area (Å²) in [6.07, 6.45) is 37.7. The molecule has 1 fully saturated rings. The Morgan fingerprint density at radius 2 is 0.970 bits per heavy atom. The van der Waals surface area contributed by atoms with E-state index in [1.165, 1.54) is 19.3 Å². The van der Waals surface area contributed by atoms with E-state index in [0.29, 0.717) is 32.1 Å². The molecule has 0 aromatic rings. The van der Waals surface area contributed by atoms with E-state index in [1.807, 2.05) is 60.8 Å². The molecule has 1 saturated carbocycles. The quantitative estimate of drug-likeness (QED) is 0.0134. The van der Waals surface area contributed by atoms with Crippen molar-refractivity contribution in [3.05, 3.63) is 109 Å². The molecule has 1 aliphatic rings. The fourth-order valence-corrected chi connectivity index (χ4v) is 7.25. The molecule has 0 heterocycles. The molecule has 66 heavy (non-hydrogen) atoms. The highest BCUT2D eigenvalue weighted by Crippen LogP contribution is 2.47. The smallest absolute Gasteiger partial charge is 0.462 e. The van der Waals surface area contributed by atoms with E-state index in [4.69, 9.17) is 18.5 Å². The van der Waals surface area contributed by atoms with Gasteiger partial charge in [0.1, 0.15) is 43.2 Å². The highest BCUT2D eigenvalue weighted by molar-refractivity contribution is 7.47. The van der Waals surface area contributed by atoms with Crippen LogP contribution >= 0.6 is 7.82 Å². The van der Waals surface area contributed by atoms with Crippen molar-refractivity contribution in [3.63, 3.8) is 0 Å². The van der Waals surface area contributed by atoms with Crippen LogP contribution in [-0.4, -0.2) is 110 Å². The first-order chi connectivity index (χ1) is 31.8. The van der Waals surface area contributed by atoms with Gasteiger partial charge in [0.25, 0.3) is 0 Å². The molecule has 1 aliphatic carbocycles. The Hall–Kier alpha value is -3.53. The van der Waals surface area contributed by atoms with E-state index in [1.54, 1.807) is 0 Å².